The quantitative estimate of drug-likeness (QED) is 0.788. The van der Waals surface area contributed by atoms with Gasteiger partial charge in [-0.25, -0.2) is 9.78 Å². The van der Waals surface area contributed by atoms with Gasteiger partial charge < -0.3 is 14.6 Å². The molecule has 1 saturated heterocycles. The Kier molecular flexibility index (Phi) is 5.78. The minimum absolute atomic E-state index is 0.0148. The normalized spacial score (nSPS) is 14.6. The summed E-state index contributed by atoms with van der Waals surface area (Å²) in [4.78, 5) is 17.4. The average Bonchev–Trinajstić information content (AvgIpc) is 3.27. The zero-order valence-corrected chi connectivity index (χ0v) is 15.4. The summed E-state index contributed by atoms with van der Waals surface area (Å²) in [6, 6.07) is 3.49. The van der Waals surface area contributed by atoms with Crippen molar-refractivity contribution in [3.05, 3.63) is 28.2 Å². The Morgan fingerprint density at radius 3 is 2.80 bits per heavy atom. The van der Waals surface area contributed by atoms with Crippen molar-refractivity contribution in [2.45, 2.75) is 12.8 Å². The number of methoxy groups -OCH3 is 1. The van der Waals surface area contributed by atoms with E-state index < -0.39 is 5.97 Å². The highest BCUT2D eigenvalue weighted by Crippen LogP contribution is 2.40. The van der Waals surface area contributed by atoms with Crippen molar-refractivity contribution in [3.8, 4) is 22.1 Å². The highest BCUT2D eigenvalue weighted by molar-refractivity contribution is 7.13. The number of benzene rings is 1. The number of hydrogen-bond acceptors (Lipinski definition) is 6. The van der Waals surface area contributed by atoms with Gasteiger partial charge in [-0.2, -0.15) is 0 Å². The van der Waals surface area contributed by atoms with Crippen LogP contribution in [0.3, 0.4) is 0 Å². The third-order valence-corrected chi connectivity index (χ3v) is 5.22. The first kappa shape index (κ1) is 18.0. The largest absolute Gasteiger partial charge is 0.493 e. The van der Waals surface area contributed by atoms with Gasteiger partial charge in [-0.15, -0.1) is 11.3 Å². The number of nitrogens with zero attached hydrogens (tertiary/aromatic N) is 2. The number of aromatic carboxylic acids is 1. The molecular weight excluding hydrogens is 364 g/mol. The summed E-state index contributed by atoms with van der Waals surface area (Å²) in [5.74, 6) is -0.0412. The van der Waals surface area contributed by atoms with Crippen molar-refractivity contribution >= 4 is 28.9 Å². The van der Waals surface area contributed by atoms with Gasteiger partial charge in [0.1, 0.15) is 11.6 Å². The number of ether oxygens (including phenoxy) is 2. The Morgan fingerprint density at radius 1 is 1.40 bits per heavy atom. The summed E-state index contributed by atoms with van der Waals surface area (Å²) in [5, 5.41) is 11.5. The first-order valence-electron chi connectivity index (χ1n) is 8.00. The van der Waals surface area contributed by atoms with E-state index >= 15 is 0 Å². The second-order valence-corrected chi connectivity index (χ2v) is 7.00. The molecule has 3 rings (SSSR count). The lowest BCUT2D eigenvalue weighted by Gasteiger charge is -2.17. The fourth-order valence-corrected chi connectivity index (χ4v) is 3.82. The van der Waals surface area contributed by atoms with E-state index in [1.165, 1.54) is 29.6 Å². The van der Waals surface area contributed by atoms with Gasteiger partial charge in [-0.05, 0) is 38.1 Å². The number of aromatic nitrogens is 1. The van der Waals surface area contributed by atoms with Crippen LogP contribution in [0.1, 0.15) is 23.3 Å². The predicted octanol–water partition coefficient (Wildman–Crippen LogP) is 3.64. The molecule has 0 aliphatic carbocycles. The van der Waals surface area contributed by atoms with Gasteiger partial charge in [-0.3, -0.25) is 4.90 Å². The standard InChI is InChI=1S/C17H19ClN2O4S/c1-23-14-9-11(16-19-13(10-25-16)17(21)22)8-12(18)15(14)24-7-6-20-4-2-3-5-20/h8-10H,2-7H2,1H3,(H,21,22). The number of carboxylic acids is 1. The molecule has 1 aromatic heterocycles. The van der Waals surface area contributed by atoms with Gasteiger partial charge in [0, 0.05) is 17.5 Å². The Balaban J connectivity index is 1.76. The molecule has 0 spiro atoms. The van der Waals surface area contributed by atoms with Crippen LogP contribution >= 0.6 is 22.9 Å². The SMILES string of the molecule is COc1cc(-c2nc(C(=O)O)cs2)cc(Cl)c1OCCN1CCCC1. The highest BCUT2D eigenvalue weighted by Gasteiger charge is 2.17. The molecule has 0 saturated carbocycles. The summed E-state index contributed by atoms with van der Waals surface area (Å²) in [7, 11) is 1.55. The van der Waals surface area contributed by atoms with Gasteiger partial charge in [0.25, 0.3) is 0 Å². The number of carbonyl (C=O) groups is 1. The molecule has 1 aliphatic heterocycles. The zero-order chi connectivity index (χ0) is 17.8. The van der Waals surface area contributed by atoms with E-state index in [0.29, 0.717) is 33.7 Å². The summed E-state index contributed by atoms with van der Waals surface area (Å²) in [5.41, 5.74) is 0.715. The summed E-state index contributed by atoms with van der Waals surface area (Å²) in [6.45, 7) is 3.62. The van der Waals surface area contributed by atoms with Gasteiger partial charge in [0.2, 0.25) is 0 Å². The first-order valence-corrected chi connectivity index (χ1v) is 9.26. The molecule has 0 unspecified atom stereocenters. The topological polar surface area (TPSA) is 71.9 Å². The van der Waals surface area contributed by atoms with E-state index in [1.807, 2.05) is 0 Å². The molecule has 1 N–H and O–H groups in total. The van der Waals surface area contributed by atoms with E-state index in [-0.39, 0.29) is 5.69 Å². The molecule has 1 aromatic carbocycles. The number of halogens is 1. The zero-order valence-electron chi connectivity index (χ0n) is 13.8. The van der Waals surface area contributed by atoms with Crippen LogP contribution in [0, 0.1) is 0 Å². The van der Waals surface area contributed by atoms with Crippen molar-refractivity contribution in [2.24, 2.45) is 0 Å². The van der Waals surface area contributed by atoms with Gasteiger partial charge >= 0.3 is 5.97 Å². The Morgan fingerprint density at radius 2 is 2.16 bits per heavy atom. The average molecular weight is 383 g/mol. The monoisotopic (exact) mass is 382 g/mol. The van der Waals surface area contributed by atoms with Crippen LogP contribution in [0.5, 0.6) is 11.5 Å². The smallest absolute Gasteiger partial charge is 0.355 e. The molecule has 25 heavy (non-hydrogen) atoms. The molecule has 0 bridgehead atoms. The molecule has 0 atom stereocenters. The Bertz CT molecular complexity index is 759. The first-order chi connectivity index (χ1) is 12.1. The number of thiazole rings is 1. The van der Waals surface area contributed by atoms with Crippen LogP contribution in [0.2, 0.25) is 5.02 Å². The van der Waals surface area contributed by atoms with E-state index in [4.69, 9.17) is 26.2 Å². The predicted molar refractivity (Wildman–Crippen MR) is 97.2 cm³/mol. The molecule has 1 aliphatic rings. The Labute approximate surface area is 155 Å². The molecule has 2 heterocycles. The number of rotatable bonds is 7. The summed E-state index contributed by atoms with van der Waals surface area (Å²) >= 11 is 7.62. The molecule has 8 heteroatoms. The van der Waals surface area contributed by atoms with Crippen molar-refractivity contribution in [1.82, 2.24) is 9.88 Å². The number of likely N-dealkylation sites (tertiary alicyclic amines) is 1. The number of carboxylic acid groups (broad SMARTS) is 1. The van der Waals surface area contributed by atoms with Crippen LogP contribution in [0.4, 0.5) is 0 Å². The maximum atomic E-state index is 11.0. The van der Waals surface area contributed by atoms with E-state index in [0.717, 1.165) is 19.6 Å². The molecule has 1 fully saturated rings. The molecule has 0 amide bonds. The highest BCUT2D eigenvalue weighted by atomic mass is 35.5. The third kappa shape index (κ3) is 4.23. The van der Waals surface area contributed by atoms with Crippen molar-refractivity contribution in [1.29, 1.82) is 0 Å². The maximum Gasteiger partial charge on any atom is 0.355 e. The number of hydrogen-bond donors (Lipinski definition) is 1. The second kappa shape index (κ2) is 8.03. The third-order valence-electron chi connectivity index (χ3n) is 4.05. The Hall–Kier alpha value is -1.83. The van der Waals surface area contributed by atoms with Crippen LogP contribution in [0.25, 0.3) is 10.6 Å². The molecule has 134 valence electrons. The molecule has 2 aromatic rings. The summed E-state index contributed by atoms with van der Waals surface area (Å²) < 4.78 is 11.2. The molecule has 0 radical (unpaired) electrons. The van der Waals surface area contributed by atoms with E-state index in [2.05, 4.69) is 9.88 Å². The molecular formula is C17H19ClN2O4S. The van der Waals surface area contributed by atoms with Crippen LogP contribution in [0.15, 0.2) is 17.5 Å². The lowest BCUT2D eigenvalue weighted by atomic mass is 10.2. The fourth-order valence-electron chi connectivity index (χ4n) is 2.77. The van der Waals surface area contributed by atoms with Crippen LogP contribution in [-0.4, -0.2) is 54.3 Å². The lowest BCUT2D eigenvalue weighted by molar-refractivity contribution is 0.0691. The second-order valence-electron chi connectivity index (χ2n) is 5.73. The summed E-state index contributed by atoms with van der Waals surface area (Å²) in [6.07, 6.45) is 2.48. The van der Waals surface area contributed by atoms with Crippen molar-refractivity contribution in [3.63, 3.8) is 0 Å². The van der Waals surface area contributed by atoms with Gasteiger partial charge in [-0.1, -0.05) is 11.6 Å². The van der Waals surface area contributed by atoms with E-state index in [1.54, 1.807) is 19.2 Å². The maximum absolute atomic E-state index is 11.0. The van der Waals surface area contributed by atoms with Gasteiger partial charge in [0.05, 0.1) is 12.1 Å². The minimum Gasteiger partial charge on any atom is -0.493 e. The van der Waals surface area contributed by atoms with Crippen molar-refractivity contribution in [2.75, 3.05) is 33.4 Å². The van der Waals surface area contributed by atoms with Gasteiger partial charge in [0.15, 0.2) is 17.2 Å². The minimum atomic E-state index is -1.05. The van der Waals surface area contributed by atoms with Crippen LogP contribution < -0.4 is 9.47 Å². The fraction of sp³-hybridized carbons (Fsp3) is 0.412. The molecule has 6 nitrogen and oxygen atoms in total. The van der Waals surface area contributed by atoms with Crippen LogP contribution in [-0.2, 0) is 0 Å². The van der Waals surface area contributed by atoms with Crippen molar-refractivity contribution < 1.29 is 19.4 Å². The lowest BCUT2D eigenvalue weighted by Crippen LogP contribution is -2.25. The van der Waals surface area contributed by atoms with E-state index in [9.17, 15) is 4.79 Å².